The molecular formula is C18H20N4O3. The summed E-state index contributed by atoms with van der Waals surface area (Å²) >= 11 is 0. The van der Waals surface area contributed by atoms with Crippen molar-refractivity contribution >= 4 is 23.2 Å². The maximum absolute atomic E-state index is 12.3. The van der Waals surface area contributed by atoms with E-state index in [1.165, 1.54) is 0 Å². The molecule has 1 aromatic carbocycles. The lowest BCUT2D eigenvalue weighted by atomic mass is 10.1. The number of morpholine rings is 1. The zero-order chi connectivity index (χ0) is 17.6. The highest BCUT2D eigenvalue weighted by Crippen LogP contribution is 2.21. The summed E-state index contributed by atoms with van der Waals surface area (Å²) in [5.74, 6) is -0.434. The minimum Gasteiger partial charge on any atom is -0.366 e. The molecule has 7 nitrogen and oxygen atoms in total. The molecular weight excluding hydrogens is 320 g/mol. The lowest BCUT2D eigenvalue weighted by Crippen LogP contribution is -2.45. The molecule has 0 saturated carbocycles. The molecule has 1 aromatic heterocycles. The molecule has 1 aliphatic heterocycles. The monoisotopic (exact) mass is 340 g/mol. The van der Waals surface area contributed by atoms with Gasteiger partial charge in [-0.3, -0.25) is 14.6 Å². The Morgan fingerprint density at radius 3 is 2.72 bits per heavy atom. The quantitative estimate of drug-likeness (QED) is 0.786. The third-order valence-electron chi connectivity index (χ3n) is 3.92. The van der Waals surface area contributed by atoms with Crippen molar-refractivity contribution in [2.24, 2.45) is 0 Å². The van der Waals surface area contributed by atoms with E-state index >= 15 is 0 Å². The summed E-state index contributed by atoms with van der Waals surface area (Å²) in [6.07, 6.45) is 2.62. The maximum Gasteiger partial charge on any atom is 0.255 e. The van der Waals surface area contributed by atoms with Gasteiger partial charge in [-0.1, -0.05) is 6.07 Å². The Labute approximate surface area is 145 Å². The molecule has 2 amide bonds. The molecule has 0 spiro atoms. The summed E-state index contributed by atoms with van der Waals surface area (Å²) in [5, 5.41) is 8.80. The minimum absolute atomic E-state index is 0.206. The van der Waals surface area contributed by atoms with Crippen LogP contribution in [0.5, 0.6) is 0 Å². The highest BCUT2D eigenvalue weighted by Gasteiger charge is 2.21. The van der Waals surface area contributed by atoms with Crippen LogP contribution >= 0.6 is 0 Å². The number of ether oxygens (including phenoxy) is 1. The SMILES string of the molecule is Cc1ccc(NC(=O)C2CNCCO2)cc1NC(=O)c1ccncc1. The van der Waals surface area contributed by atoms with Gasteiger partial charge in [0.25, 0.3) is 11.8 Å². The Morgan fingerprint density at radius 1 is 1.20 bits per heavy atom. The smallest absolute Gasteiger partial charge is 0.255 e. The summed E-state index contributed by atoms with van der Waals surface area (Å²) < 4.78 is 5.44. The molecule has 3 N–H and O–H groups in total. The summed E-state index contributed by atoms with van der Waals surface area (Å²) in [7, 11) is 0. The van der Waals surface area contributed by atoms with Crippen molar-refractivity contribution < 1.29 is 14.3 Å². The number of hydrogen-bond acceptors (Lipinski definition) is 5. The second-order valence-corrected chi connectivity index (χ2v) is 5.77. The molecule has 2 aromatic rings. The second kappa shape index (κ2) is 7.87. The number of carbonyl (C=O) groups is 2. The van der Waals surface area contributed by atoms with Gasteiger partial charge >= 0.3 is 0 Å². The van der Waals surface area contributed by atoms with Crippen LogP contribution in [0.15, 0.2) is 42.7 Å². The number of benzene rings is 1. The first-order valence-electron chi connectivity index (χ1n) is 8.09. The third-order valence-corrected chi connectivity index (χ3v) is 3.92. The van der Waals surface area contributed by atoms with Crippen LogP contribution in [-0.4, -0.2) is 42.6 Å². The van der Waals surface area contributed by atoms with Crippen molar-refractivity contribution in [2.75, 3.05) is 30.3 Å². The second-order valence-electron chi connectivity index (χ2n) is 5.77. The topological polar surface area (TPSA) is 92.4 Å². The van der Waals surface area contributed by atoms with Gasteiger partial charge in [0.15, 0.2) is 0 Å². The molecule has 25 heavy (non-hydrogen) atoms. The molecule has 0 radical (unpaired) electrons. The molecule has 1 atom stereocenters. The van der Waals surface area contributed by atoms with Crippen LogP contribution in [0.25, 0.3) is 0 Å². The Hall–Kier alpha value is -2.77. The molecule has 3 rings (SSSR count). The molecule has 1 aliphatic rings. The summed E-state index contributed by atoms with van der Waals surface area (Å²) in [6.45, 7) is 3.64. The summed E-state index contributed by atoms with van der Waals surface area (Å²) in [4.78, 5) is 28.4. The predicted octanol–water partition coefficient (Wildman–Crippen LogP) is 1.57. The number of rotatable bonds is 4. The van der Waals surface area contributed by atoms with Gasteiger partial charge in [0.2, 0.25) is 0 Å². The van der Waals surface area contributed by atoms with Gasteiger partial charge in [0, 0.05) is 42.4 Å². The molecule has 7 heteroatoms. The molecule has 1 unspecified atom stereocenters. The first kappa shape index (κ1) is 17.1. The number of nitrogens with one attached hydrogen (secondary N) is 3. The van der Waals surface area contributed by atoms with Gasteiger partial charge in [-0.15, -0.1) is 0 Å². The lowest BCUT2D eigenvalue weighted by molar-refractivity contribution is -0.128. The van der Waals surface area contributed by atoms with Crippen LogP contribution in [-0.2, 0) is 9.53 Å². The van der Waals surface area contributed by atoms with Gasteiger partial charge in [-0.2, -0.15) is 0 Å². The van der Waals surface area contributed by atoms with Gasteiger partial charge in [0.05, 0.1) is 6.61 Å². The van der Waals surface area contributed by atoms with Crippen molar-refractivity contribution in [1.82, 2.24) is 10.3 Å². The van der Waals surface area contributed by atoms with E-state index in [0.29, 0.717) is 30.1 Å². The maximum atomic E-state index is 12.3. The Kier molecular flexibility index (Phi) is 5.37. The summed E-state index contributed by atoms with van der Waals surface area (Å²) in [6, 6.07) is 8.67. The van der Waals surface area contributed by atoms with Crippen LogP contribution in [0, 0.1) is 6.92 Å². The molecule has 1 saturated heterocycles. The molecule has 0 bridgehead atoms. The van der Waals surface area contributed by atoms with Crippen molar-refractivity contribution in [3.63, 3.8) is 0 Å². The zero-order valence-corrected chi connectivity index (χ0v) is 13.9. The fraction of sp³-hybridized carbons (Fsp3) is 0.278. The number of amides is 2. The number of aromatic nitrogens is 1. The van der Waals surface area contributed by atoms with Crippen LogP contribution in [0.1, 0.15) is 15.9 Å². The number of carbonyl (C=O) groups excluding carboxylic acids is 2. The average molecular weight is 340 g/mol. The Bertz CT molecular complexity index is 758. The largest absolute Gasteiger partial charge is 0.366 e. The van der Waals surface area contributed by atoms with Crippen molar-refractivity contribution in [2.45, 2.75) is 13.0 Å². The fourth-order valence-corrected chi connectivity index (χ4v) is 2.49. The van der Waals surface area contributed by atoms with E-state index in [1.54, 1.807) is 36.7 Å². The first-order valence-corrected chi connectivity index (χ1v) is 8.09. The van der Waals surface area contributed by atoms with Crippen molar-refractivity contribution in [1.29, 1.82) is 0 Å². The zero-order valence-electron chi connectivity index (χ0n) is 13.9. The van der Waals surface area contributed by atoms with E-state index in [4.69, 9.17) is 4.74 Å². The Balaban J connectivity index is 1.69. The number of aryl methyl sites for hydroxylation is 1. The van der Waals surface area contributed by atoms with Gasteiger partial charge in [0.1, 0.15) is 6.10 Å². The van der Waals surface area contributed by atoms with Crippen LogP contribution in [0.2, 0.25) is 0 Å². The number of anilines is 2. The van der Waals surface area contributed by atoms with E-state index in [2.05, 4.69) is 20.9 Å². The predicted molar refractivity (Wildman–Crippen MR) is 94.6 cm³/mol. The lowest BCUT2D eigenvalue weighted by Gasteiger charge is -2.23. The van der Waals surface area contributed by atoms with E-state index in [1.807, 2.05) is 13.0 Å². The van der Waals surface area contributed by atoms with E-state index in [-0.39, 0.29) is 11.8 Å². The van der Waals surface area contributed by atoms with E-state index in [9.17, 15) is 9.59 Å². The average Bonchev–Trinajstić information content (AvgIpc) is 2.66. The number of pyridine rings is 1. The normalized spacial score (nSPS) is 16.9. The van der Waals surface area contributed by atoms with Gasteiger partial charge in [-0.25, -0.2) is 0 Å². The van der Waals surface area contributed by atoms with Crippen LogP contribution < -0.4 is 16.0 Å². The van der Waals surface area contributed by atoms with Crippen LogP contribution in [0.4, 0.5) is 11.4 Å². The minimum atomic E-state index is -0.509. The highest BCUT2D eigenvalue weighted by atomic mass is 16.5. The molecule has 1 fully saturated rings. The van der Waals surface area contributed by atoms with E-state index < -0.39 is 6.10 Å². The third kappa shape index (κ3) is 4.40. The van der Waals surface area contributed by atoms with E-state index in [0.717, 1.165) is 12.1 Å². The van der Waals surface area contributed by atoms with Crippen molar-refractivity contribution in [3.05, 3.63) is 53.9 Å². The first-order chi connectivity index (χ1) is 12.1. The Morgan fingerprint density at radius 2 is 2.00 bits per heavy atom. The van der Waals surface area contributed by atoms with Gasteiger partial charge < -0.3 is 20.7 Å². The van der Waals surface area contributed by atoms with Gasteiger partial charge in [-0.05, 0) is 36.8 Å². The standard InChI is InChI=1S/C18H20N4O3/c1-12-2-3-14(21-18(24)16-11-20-8-9-25-16)10-15(12)22-17(23)13-4-6-19-7-5-13/h2-7,10,16,20H,8-9,11H2,1H3,(H,21,24)(H,22,23). The summed E-state index contributed by atoms with van der Waals surface area (Å²) in [5.41, 5.74) is 2.67. The molecule has 130 valence electrons. The number of hydrogen-bond donors (Lipinski definition) is 3. The number of nitrogens with zero attached hydrogens (tertiary/aromatic N) is 1. The molecule has 0 aliphatic carbocycles. The highest BCUT2D eigenvalue weighted by molar-refractivity contribution is 6.05. The van der Waals surface area contributed by atoms with Crippen molar-refractivity contribution in [3.8, 4) is 0 Å². The van der Waals surface area contributed by atoms with Crippen LogP contribution in [0.3, 0.4) is 0 Å². The fourth-order valence-electron chi connectivity index (χ4n) is 2.49. The molecule has 2 heterocycles.